The van der Waals surface area contributed by atoms with Gasteiger partial charge in [0, 0.05) is 0 Å². The molecule has 0 aromatic heterocycles. The molecule has 0 aliphatic heterocycles. The van der Waals surface area contributed by atoms with Crippen LogP contribution >= 0.6 is 0 Å². The summed E-state index contributed by atoms with van der Waals surface area (Å²) in [5.74, 6) is 0.634. The van der Waals surface area contributed by atoms with E-state index in [0.717, 1.165) is 5.56 Å². The Hall–Kier alpha value is -2.21. The maximum absolute atomic E-state index is 12.7. The van der Waals surface area contributed by atoms with E-state index < -0.39 is 12.2 Å². The highest BCUT2D eigenvalue weighted by molar-refractivity contribution is 5.44. The van der Waals surface area contributed by atoms with Crippen LogP contribution in [0.3, 0.4) is 0 Å². The average Bonchev–Trinajstić information content (AvgIpc) is 2.53. The molecule has 2 aromatic rings. The first kappa shape index (κ1) is 17.1. The van der Waals surface area contributed by atoms with Gasteiger partial charge in [-0.1, -0.05) is 36.4 Å². The van der Waals surface area contributed by atoms with Gasteiger partial charge in [-0.05, 0) is 30.2 Å². The third-order valence-corrected chi connectivity index (χ3v) is 3.22. The molecular weight excluding hydrogens is 307 g/mol. The molecule has 0 unspecified atom stereocenters. The number of ether oxygens (including phenoxy) is 2. The van der Waals surface area contributed by atoms with E-state index in [1.165, 1.54) is 18.2 Å². The Morgan fingerprint density at radius 2 is 1.70 bits per heavy atom. The van der Waals surface area contributed by atoms with E-state index in [1.807, 2.05) is 30.3 Å². The van der Waals surface area contributed by atoms with Gasteiger partial charge in [0.25, 0.3) is 0 Å². The zero-order chi connectivity index (χ0) is 16.9. The third kappa shape index (κ3) is 4.63. The molecule has 0 aliphatic rings. The predicted octanol–water partition coefficient (Wildman–Crippen LogP) is 4.23. The van der Waals surface area contributed by atoms with E-state index in [1.54, 1.807) is 6.92 Å². The Labute approximate surface area is 132 Å². The number of alkyl halides is 3. The third-order valence-electron chi connectivity index (χ3n) is 3.22. The highest BCUT2D eigenvalue weighted by Gasteiger charge is 2.38. The lowest BCUT2D eigenvalue weighted by Gasteiger charge is -2.18. The first-order chi connectivity index (χ1) is 10.9. The van der Waals surface area contributed by atoms with E-state index in [0.29, 0.717) is 19.0 Å². The molecule has 2 aromatic carbocycles. The Morgan fingerprint density at radius 1 is 1.00 bits per heavy atom. The van der Waals surface area contributed by atoms with E-state index >= 15 is 0 Å². The monoisotopic (exact) mass is 325 g/mol. The fourth-order valence-corrected chi connectivity index (χ4v) is 2.03. The molecule has 2 N–H and O–H groups in total. The van der Waals surface area contributed by atoms with Gasteiger partial charge in [0.2, 0.25) is 0 Å². The van der Waals surface area contributed by atoms with Gasteiger partial charge in [0.1, 0.15) is 12.6 Å². The van der Waals surface area contributed by atoms with Crippen LogP contribution < -0.4 is 15.2 Å². The van der Waals surface area contributed by atoms with Gasteiger partial charge in [0.05, 0.1) is 6.61 Å². The van der Waals surface area contributed by atoms with Crippen molar-refractivity contribution >= 4 is 0 Å². The molecule has 0 aliphatic carbocycles. The van der Waals surface area contributed by atoms with Crippen molar-refractivity contribution in [2.24, 2.45) is 5.73 Å². The Kier molecular flexibility index (Phi) is 5.50. The molecule has 3 nitrogen and oxygen atoms in total. The minimum Gasteiger partial charge on any atom is -0.490 e. The lowest BCUT2D eigenvalue weighted by atomic mass is 10.1. The molecule has 23 heavy (non-hydrogen) atoms. The summed E-state index contributed by atoms with van der Waals surface area (Å²) < 4.78 is 49.2. The molecular formula is C17H18F3NO2. The molecule has 0 heterocycles. The second-order valence-electron chi connectivity index (χ2n) is 4.93. The first-order valence-electron chi connectivity index (χ1n) is 7.17. The average molecular weight is 325 g/mol. The standard InChI is InChI=1S/C17H18F3NO2/c1-2-22-15-10-13(16(21)17(18,19)20)8-9-14(15)23-11-12-6-4-3-5-7-12/h3-10,16H,2,11,21H2,1H3/t16-/m1/s1. The van der Waals surface area contributed by atoms with Crippen molar-refractivity contribution in [3.8, 4) is 11.5 Å². The Balaban J connectivity index is 2.19. The van der Waals surface area contributed by atoms with Crippen molar-refractivity contribution in [1.82, 2.24) is 0 Å². The minimum atomic E-state index is -4.50. The van der Waals surface area contributed by atoms with E-state index in [4.69, 9.17) is 15.2 Å². The largest absolute Gasteiger partial charge is 0.490 e. The van der Waals surface area contributed by atoms with Crippen LogP contribution in [0.15, 0.2) is 48.5 Å². The quantitative estimate of drug-likeness (QED) is 0.864. The lowest BCUT2D eigenvalue weighted by molar-refractivity contribution is -0.149. The SMILES string of the molecule is CCOc1cc([C@@H](N)C(F)(F)F)ccc1OCc1ccccc1. The topological polar surface area (TPSA) is 44.5 Å². The van der Waals surface area contributed by atoms with Crippen LogP contribution in [-0.4, -0.2) is 12.8 Å². The summed E-state index contributed by atoms with van der Waals surface area (Å²) in [4.78, 5) is 0. The van der Waals surface area contributed by atoms with Gasteiger partial charge in [-0.3, -0.25) is 0 Å². The minimum absolute atomic E-state index is 0.0620. The molecule has 6 heteroatoms. The zero-order valence-corrected chi connectivity index (χ0v) is 12.6. The molecule has 2 rings (SSSR count). The second-order valence-corrected chi connectivity index (χ2v) is 4.93. The van der Waals surface area contributed by atoms with Gasteiger partial charge in [-0.15, -0.1) is 0 Å². The van der Waals surface area contributed by atoms with Crippen LogP contribution in [0.5, 0.6) is 11.5 Å². The fraction of sp³-hybridized carbons (Fsp3) is 0.294. The molecule has 0 saturated carbocycles. The van der Waals surface area contributed by atoms with Crippen LogP contribution in [0.4, 0.5) is 13.2 Å². The number of nitrogens with two attached hydrogens (primary N) is 1. The first-order valence-corrected chi connectivity index (χ1v) is 7.17. The van der Waals surface area contributed by atoms with E-state index in [2.05, 4.69) is 0 Å². The number of hydrogen-bond acceptors (Lipinski definition) is 3. The Bertz CT molecular complexity index is 629. The molecule has 0 spiro atoms. The van der Waals surface area contributed by atoms with Crippen LogP contribution in [0.25, 0.3) is 0 Å². The van der Waals surface area contributed by atoms with Gasteiger partial charge in [-0.25, -0.2) is 0 Å². The maximum atomic E-state index is 12.7. The van der Waals surface area contributed by atoms with Crippen LogP contribution in [0.1, 0.15) is 24.1 Å². The highest BCUT2D eigenvalue weighted by Crippen LogP contribution is 2.36. The van der Waals surface area contributed by atoms with Crippen molar-refractivity contribution in [3.63, 3.8) is 0 Å². The molecule has 0 bridgehead atoms. The number of benzene rings is 2. The summed E-state index contributed by atoms with van der Waals surface area (Å²) in [6.07, 6.45) is -4.50. The van der Waals surface area contributed by atoms with Gasteiger partial charge < -0.3 is 15.2 Å². The zero-order valence-electron chi connectivity index (χ0n) is 12.6. The van der Waals surface area contributed by atoms with E-state index in [-0.39, 0.29) is 11.3 Å². The van der Waals surface area contributed by atoms with Crippen molar-refractivity contribution in [3.05, 3.63) is 59.7 Å². The lowest BCUT2D eigenvalue weighted by Crippen LogP contribution is -2.28. The van der Waals surface area contributed by atoms with Crippen molar-refractivity contribution in [2.75, 3.05) is 6.61 Å². The van der Waals surface area contributed by atoms with Gasteiger partial charge >= 0.3 is 6.18 Å². The second kappa shape index (κ2) is 7.37. The number of hydrogen-bond donors (Lipinski definition) is 1. The van der Waals surface area contributed by atoms with Crippen molar-refractivity contribution < 1.29 is 22.6 Å². The molecule has 0 amide bonds. The molecule has 0 radical (unpaired) electrons. The van der Waals surface area contributed by atoms with Crippen LogP contribution in [0, 0.1) is 0 Å². The summed E-state index contributed by atoms with van der Waals surface area (Å²) in [6.45, 7) is 2.36. The summed E-state index contributed by atoms with van der Waals surface area (Å²) in [5.41, 5.74) is 6.12. The summed E-state index contributed by atoms with van der Waals surface area (Å²) in [7, 11) is 0. The molecule has 0 saturated heterocycles. The summed E-state index contributed by atoms with van der Waals surface area (Å²) >= 11 is 0. The predicted molar refractivity (Wildman–Crippen MR) is 81.4 cm³/mol. The van der Waals surface area contributed by atoms with Crippen molar-refractivity contribution in [1.29, 1.82) is 0 Å². The molecule has 0 fully saturated rings. The Morgan fingerprint density at radius 3 is 2.30 bits per heavy atom. The van der Waals surface area contributed by atoms with Crippen LogP contribution in [0.2, 0.25) is 0 Å². The number of halogens is 3. The van der Waals surface area contributed by atoms with Gasteiger partial charge in [-0.2, -0.15) is 13.2 Å². The fourth-order valence-electron chi connectivity index (χ4n) is 2.03. The van der Waals surface area contributed by atoms with E-state index in [9.17, 15) is 13.2 Å². The number of rotatable bonds is 6. The van der Waals surface area contributed by atoms with Crippen LogP contribution in [-0.2, 0) is 6.61 Å². The van der Waals surface area contributed by atoms with Crippen molar-refractivity contribution in [2.45, 2.75) is 25.7 Å². The summed E-state index contributed by atoms with van der Waals surface area (Å²) in [5, 5.41) is 0. The highest BCUT2D eigenvalue weighted by atomic mass is 19.4. The summed E-state index contributed by atoms with van der Waals surface area (Å²) in [6, 6.07) is 11.4. The molecule has 1 atom stereocenters. The van der Waals surface area contributed by atoms with Gasteiger partial charge in [0.15, 0.2) is 11.5 Å². The smallest absolute Gasteiger partial charge is 0.407 e. The molecule has 124 valence electrons. The maximum Gasteiger partial charge on any atom is 0.407 e. The normalized spacial score (nSPS) is 12.7.